The highest BCUT2D eigenvalue weighted by atomic mass is 14.9. The predicted octanol–water partition coefficient (Wildman–Crippen LogP) is 10.00. The van der Waals surface area contributed by atoms with Crippen LogP contribution in [0.25, 0.3) is 77.5 Å². The van der Waals surface area contributed by atoms with Crippen LogP contribution in [0.4, 0.5) is 0 Å². The lowest BCUT2D eigenvalue weighted by Gasteiger charge is -2.11. The molecule has 0 aliphatic rings. The minimum Gasteiger partial charge on any atom is -0.256 e. The molecule has 0 saturated heterocycles. The van der Waals surface area contributed by atoms with Crippen molar-refractivity contribution in [3.05, 3.63) is 152 Å². The fourth-order valence-corrected chi connectivity index (χ4v) is 5.72. The van der Waals surface area contributed by atoms with Gasteiger partial charge in [0.05, 0.1) is 16.9 Å². The molecule has 8 aromatic rings. The maximum absolute atomic E-state index is 5.10. The van der Waals surface area contributed by atoms with Crippen molar-refractivity contribution in [1.82, 2.24) is 15.0 Å². The van der Waals surface area contributed by atoms with Crippen LogP contribution in [0.1, 0.15) is 0 Å². The van der Waals surface area contributed by atoms with Crippen molar-refractivity contribution in [2.75, 3.05) is 0 Å². The number of hydrogen-bond donors (Lipinski definition) is 0. The lowest BCUT2D eigenvalue weighted by atomic mass is 9.99. The Morgan fingerprint density at radius 3 is 1.60 bits per heavy atom. The van der Waals surface area contributed by atoms with Gasteiger partial charge >= 0.3 is 0 Å². The molecule has 0 aliphatic carbocycles. The minimum atomic E-state index is 0.704. The van der Waals surface area contributed by atoms with Gasteiger partial charge in [0.2, 0.25) is 0 Å². The number of benzene rings is 6. The monoisotopic (exact) mass is 535 g/mol. The summed E-state index contributed by atoms with van der Waals surface area (Å²) in [6, 6.07) is 50.9. The summed E-state index contributed by atoms with van der Waals surface area (Å²) in [5.74, 6) is 0.704. The fourth-order valence-electron chi connectivity index (χ4n) is 5.72. The van der Waals surface area contributed by atoms with Gasteiger partial charge in [-0.15, -0.1) is 0 Å². The van der Waals surface area contributed by atoms with Crippen LogP contribution in [0.3, 0.4) is 0 Å². The molecule has 0 fully saturated rings. The average molecular weight is 536 g/mol. The van der Waals surface area contributed by atoms with Gasteiger partial charge in [0.25, 0.3) is 0 Å². The Bertz CT molecular complexity index is 2150. The first-order chi connectivity index (χ1) is 20.8. The van der Waals surface area contributed by atoms with E-state index in [1.165, 1.54) is 21.5 Å². The topological polar surface area (TPSA) is 38.7 Å². The van der Waals surface area contributed by atoms with Crippen LogP contribution in [-0.2, 0) is 0 Å². The van der Waals surface area contributed by atoms with Gasteiger partial charge in [0, 0.05) is 28.3 Å². The van der Waals surface area contributed by atoms with E-state index in [1.807, 2.05) is 18.3 Å². The van der Waals surface area contributed by atoms with Gasteiger partial charge in [-0.25, -0.2) is 9.97 Å². The van der Waals surface area contributed by atoms with E-state index in [2.05, 4.69) is 138 Å². The molecule has 0 aliphatic heterocycles. The smallest absolute Gasteiger partial charge is 0.160 e. The Labute approximate surface area is 243 Å². The van der Waals surface area contributed by atoms with Crippen LogP contribution in [0.2, 0.25) is 0 Å². The number of aromatic nitrogens is 3. The first kappa shape index (κ1) is 24.2. The SMILES string of the molecule is c1ccc2cc(-c3cc(-c4ccc5ccccc5c4)nc(-c4ccc(-c5cccc6ncccc56)cc4)n3)ccc2c1. The molecule has 196 valence electrons. The molecule has 0 saturated carbocycles. The van der Waals surface area contributed by atoms with Crippen LogP contribution >= 0.6 is 0 Å². The third-order valence-corrected chi connectivity index (χ3v) is 7.92. The first-order valence-electron chi connectivity index (χ1n) is 14.1. The lowest BCUT2D eigenvalue weighted by molar-refractivity contribution is 1.18. The highest BCUT2D eigenvalue weighted by molar-refractivity contribution is 5.95. The van der Waals surface area contributed by atoms with E-state index in [1.54, 1.807) is 0 Å². The molecule has 42 heavy (non-hydrogen) atoms. The van der Waals surface area contributed by atoms with Crippen molar-refractivity contribution in [2.24, 2.45) is 0 Å². The molecule has 0 amide bonds. The maximum Gasteiger partial charge on any atom is 0.160 e. The van der Waals surface area contributed by atoms with Crippen LogP contribution in [-0.4, -0.2) is 15.0 Å². The first-order valence-corrected chi connectivity index (χ1v) is 14.1. The standard InChI is InChI=1S/C39H25N3/c1-3-9-30-23-32(20-14-26(30)7-1)37-25-38(33-21-15-27-8-2-4-10-31(27)24-33)42-39(41-37)29-18-16-28(17-19-29)34-11-5-13-36-35(34)12-6-22-40-36/h1-25H. The summed E-state index contributed by atoms with van der Waals surface area (Å²) in [7, 11) is 0. The molecule has 0 unspecified atom stereocenters. The largest absolute Gasteiger partial charge is 0.256 e. The van der Waals surface area contributed by atoms with E-state index in [4.69, 9.17) is 9.97 Å². The van der Waals surface area contributed by atoms with Gasteiger partial charge in [-0.1, -0.05) is 115 Å². The van der Waals surface area contributed by atoms with Gasteiger partial charge in [-0.2, -0.15) is 0 Å². The zero-order chi connectivity index (χ0) is 27.9. The summed E-state index contributed by atoms with van der Waals surface area (Å²) in [6.45, 7) is 0. The molecule has 0 spiro atoms. The molecule has 3 heteroatoms. The van der Waals surface area contributed by atoms with Crippen LogP contribution in [0.15, 0.2) is 152 Å². The molecule has 6 aromatic carbocycles. The molecular formula is C39H25N3. The second-order valence-electron chi connectivity index (χ2n) is 10.5. The summed E-state index contributed by atoms with van der Waals surface area (Å²) in [6.07, 6.45) is 1.84. The highest BCUT2D eigenvalue weighted by Crippen LogP contribution is 2.33. The zero-order valence-electron chi connectivity index (χ0n) is 22.8. The minimum absolute atomic E-state index is 0.704. The number of nitrogens with zero attached hydrogens (tertiary/aromatic N) is 3. The number of fused-ring (bicyclic) bond motifs is 3. The second-order valence-corrected chi connectivity index (χ2v) is 10.5. The van der Waals surface area contributed by atoms with E-state index in [0.29, 0.717) is 5.82 Å². The highest BCUT2D eigenvalue weighted by Gasteiger charge is 2.13. The van der Waals surface area contributed by atoms with Gasteiger partial charge in [0.1, 0.15) is 0 Å². The van der Waals surface area contributed by atoms with E-state index in [-0.39, 0.29) is 0 Å². The Hall–Kier alpha value is -5.67. The molecule has 0 N–H and O–H groups in total. The Balaban J connectivity index is 1.27. The normalized spacial score (nSPS) is 11.3. The molecular weight excluding hydrogens is 510 g/mol. The van der Waals surface area contributed by atoms with Gasteiger partial charge in [0.15, 0.2) is 5.82 Å². The summed E-state index contributed by atoms with van der Waals surface area (Å²) in [4.78, 5) is 14.7. The van der Waals surface area contributed by atoms with Crippen molar-refractivity contribution in [1.29, 1.82) is 0 Å². The van der Waals surface area contributed by atoms with Gasteiger partial charge in [-0.3, -0.25) is 4.98 Å². The molecule has 8 rings (SSSR count). The van der Waals surface area contributed by atoms with E-state index >= 15 is 0 Å². The van der Waals surface area contributed by atoms with E-state index in [0.717, 1.165) is 50.1 Å². The molecule has 0 radical (unpaired) electrons. The fraction of sp³-hybridized carbons (Fsp3) is 0. The second kappa shape index (κ2) is 10.1. The summed E-state index contributed by atoms with van der Waals surface area (Å²) in [5.41, 5.74) is 8.20. The van der Waals surface area contributed by atoms with E-state index < -0.39 is 0 Å². The van der Waals surface area contributed by atoms with Crippen LogP contribution in [0, 0.1) is 0 Å². The van der Waals surface area contributed by atoms with Crippen molar-refractivity contribution >= 4 is 32.4 Å². The third-order valence-electron chi connectivity index (χ3n) is 7.92. The quantitative estimate of drug-likeness (QED) is 0.225. The average Bonchev–Trinajstić information content (AvgIpc) is 3.07. The number of hydrogen-bond acceptors (Lipinski definition) is 3. The predicted molar refractivity (Wildman–Crippen MR) is 174 cm³/mol. The number of rotatable bonds is 4. The zero-order valence-corrected chi connectivity index (χ0v) is 22.8. The van der Waals surface area contributed by atoms with Crippen LogP contribution < -0.4 is 0 Å². The third kappa shape index (κ3) is 4.38. The van der Waals surface area contributed by atoms with Crippen LogP contribution in [0.5, 0.6) is 0 Å². The summed E-state index contributed by atoms with van der Waals surface area (Å²) >= 11 is 0. The Morgan fingerprint density at radius 2 is 0.952 bits per heavy atom. The summed E-state index contributed by atoms with van der Waals surface area (Å²) < 4.78 is 0. The lowest BCUT2D eigenvalue weighted by Crippen LogP contribution is -1.96. The number of pyridine rings is 1. The molecule has 3 nitrogen and oxygen atoms in total. The Morgan fingerprint density at radius 1 is 0.381 bits per heavy atom. The van der Waals surface area contributed by atoms with Crippen molar-refractivity contribution in [3.63, 3.8) is 0 Å². The molecule has 2 aromatic heterocycles. The summed E-state index contributed by atoms with van der Waals surface area (Å²) in [5, 5.41) is 5.95. The van der Waals surface area contributed by atoms with Gasteiger partial charge < -0.3 is 0 Å². The van der Waals surface area contributed by atoms with Gasteiger partial charge in [-0.05, 0) is 63.0 Å². The van der Waals surface area contributed by atoms with Crippen molar-refractivity contribution in [3.8, 4) is 45.0 Å². The van der Waals surface area contributed by atoms with E-state index in [9.17, 15) is 0 Å². The maximum atomic E-state index is 5.10. The molecule has 2 heterocycles. The molecule has 0 atom stereocenters. The Kier molecular flexibility index (Phi) is 5.79. The van der Waals surface area contributed by atoms with Crippen molar-refractivity contribution < 1.29 is 0 Å². The van der Waals surface area contributed by atoms with Crippen molar-refractivity contribution in [2.45, 2.75) is 0 Å². The molecule has 0 bridgehead atoms.